The summed E-state index contributed by atoms with van der Waals surface area (Å²) in [5, 5.41) is 3.14. The molecule has 0 aromatic carbocycles. The summed E-state index contributed by atoms with van der Waals surface area (Å²) in [7, 11) is 1.76. The zero-order valence-electron chi connectivity index (χ0n) is 27.5. The lowest BCUT2D eigenvalue weighted by Crippen LogP contribution is -2.60. The van der Waals surface area contributed by atoms with Crippen molar-refractivity contribution in [3.63, 3.8) is 0 Å². The Hall–Kier alpha value is -2.68. The third kappa shape index (κ3) is 7.82. The number of amides is 4. The molecule has 0 spiro atoms. The monoisotopic (exact) mass is 585 g/mol. The molecule has 1 unspecified atom stereocenters. The highest BCUT2D eigenvalue weighted by atomic mass is 16.2. The van der Waals surface area contributed by atoms with Crippen LogP contribution in [-0.2, 0) is 19.2 Å². The minimum atomic E-state index is -0.716. The summed E-state index contributed by atoms with van der Waals surface area (Å²) in [5.74, 6) is -0.389. The number of piperidine rings is 1. The van der Waals surface area contributed by atoms with E-state index in [0.29, 0.717) is 31.6 Å². The van der Waals surface area contributed by atoms with Crippen LogP contribution >= 0.6 is 0 Å². The summed E-state index contributed by atoms with van der Waals surface area (Å²) in [5.41, 5.74) is 0.0147. The fourth-order valence-corrected chi connectivity index (χ4v) is 6.53. The van der Waals surface area contributed by atoms with E-state index in [2.05, 4.69) is 24.1 Å². The van der Waals surface area contributed by atoms with Gasteiger partial charge >= 0.3 is 0 Å². The van der Waals surface area contributed by atoms with E-state index < -0.39 is 17.5 Å². The zero-order chi connectivity index (χ0) is 31.4. The number of likely N-dealkylation sites (tertiary alicyclic amines) is 2. The topological polar surface area (TPSA) is 93.3 Å². The highest BCUT2D eigenvalue weighted by molar-refractivity contribution is 5.97. The minimum Gasteiger partial charge on any atom is -0.342 e. The van der Waals surface area contributed by atoms with Crippen molar-refractivity contribution in [1.82, 2.24) is 24.9 Å². The van der Waals surface area contributed by atoms with E-state index >= 15 is 0 Å². The van der Waals surface area contributed by atoms with E-state index in [0.717, 1.165) is 32.2 Å². The number of carbonyl (C=O) groups excluding carboxylic acids is 4. The molecular formula is C33H55N5O4. The van der Waals surface area contributed by atoms with Crippen molar-refractivity contribution in [2.75, 3.05) is 33.2 Å². The summed E-state index contributed by atoms with van der Waals surface area (Å²) >= 11 is 0. The lowest BCUT2D eigenvalue weighted by Gasteiger charge is -2.41. The number of nitrogens with zero attached hydrogens (tertiary/aromatic N) is 4. The van der Waals surface area contributed by atoms with Crippen LogP contribution in [0.3, 0.4) is 0 Å². The van der Waals surface area contributed by atoms with Gasteiger partial charge in [-0.1, -0.05) is 59.3 Å². The first-order valence-corrected chi connectivity index (χ1v) is 15.9. The van der Waals surface area contributed by atoms with Crippen LogP contribution in [0.4, 0.5) is 0 Å². The first-order chi connectivity index (χ1) is 19.6. The van der Waals surface area contributed by atoms with Gasteiger partial charge in [-0.2, -0.15) is 0 Å². The second-order valence-electron chi connectivity index (χ2n) is 14.1. The molecule has 4 amide bonds. The molecule has 0 aromatic heterocycles. The summed E-state index contributed by atoms with van der Waals surface area (Å²) in [4.78, 5) is 61.8. The molecule has 0 aromatic rings. The highest BCUT2D eigenvalue weighted by Gasteiger charge is 2.41. The molecule has 0 saturated carbocycles. The van der Waals surface area contributed by atoms with Gasteiger partial charge in [0, 0.05) is 38.3 Å². The molecule has 2 saturated heterocycles. The number of carbonyl (C=O) groups is 4. The molecule has 3 heterocycles. The lowest BCUT2D eigenvalue weighted by atomic mass is 9.84. The molecule has 42 heavy (non-hydrogen) atoms. The molecule has 2 fully saturated rings. The number of likely N-dealkylation sites (N-methyl/N-ethyl adjacent to an activating group) is 1. The lowest BCUT2D eigenvalue weighted by molar-refractivity contribution is -0.142. The predicted octanol–water partition coefficient (Wildman–Crippen LogP) is 3.60. The number of hydrogen-bond acceptors (Lipinski definition) is 5. The van der Waals surface area contributed by atoms with Gasteiger partial charge in [-0.05, 0) is 64.3 Å². The fraction of sp³-hybridized carbons (Fsp3) is 0.758. The third-order valence-electron chi connectivity index (χ3n) is 9.07. The minimum absolute atomic E-state index is 0.00381. The van der Waals surface area contributed by atoms with Crippen LogP contribution in [0.5, 0.6) is 0 Å². The molecule has 0 bridgehead atoms. The number of hydrogen-bond donors (Lipinski definition) is 1. The first-order valence-electron chi connectivity index (χ1n) is 15.9. The average molecular weight is 586 g/mol. The van der Waals surface area contributed by atoms with Crippen LogP contribution in [-0.4, -0.2) is 107 Å². The van der Waals surface area contributed by atoms with E-state index in [-0.39, 0.29) is 47.7 Å². The normalized spacial score (nSPS) is 23.5. The van der Waals surface area contributed by atoms with E-state index in [1.54, 1.807) is 28.7 Å². The predicted molar refractivity (Wildman–Crippen MR) is 166 cm³/mol. The summed E-state index contributed by atoms with van der Waals surface area (Å²) < 4.78 is 0. The Morgan fingerprint density at radius 2 is 1.55 bits per heavy atom. The van der Waals surface area contributed by atoms with Gasteiger partial charge in [-0.25, -0.2) is 0 Å². The van der Waals surface area contributed by atoms with Gasteiger partial charge in [-0.3, -0.25) is 24.1 Å². The summed E-state index contributed by atoms with van der Waals surface area (Å²) in [6.07, 6.45) is 10.2. The summed E-state index contributed by atoms with van der Waals surface area (Å²) in [6, 6.07) is -1.50. The Labute approximate surface area is 253 Å². The van der Waals surface area contributed by atoms with Crippen molar-refractivity contribution in [2.45, 2.75) is 118 Å². The first kappa shape index (κ1) is 33.8. The maximum Gasteiger partial charge on any atom is 0.249 e. The highest BCUT2D eigenvalue weighted by Crippen LogP contribution is 2.27. The molecule has 9 nitrogen and oxygen atoms in total. The van der Waals surface area contributed by atoms with Crippen LogP contribution < -0.4 is 5.32 Å². The van der Waals surface area contributed by atoms with Crippen molar-refractivity contribution in [3.8, 4) is 0 Å². The SMILES string of the molecule is CC(=C[C@H](C(C)C)N(C)C(=O)[C@@H](NC(=O)C1CCCCN1C(C)C)C(C)(C)C)C(=O)N1CCC[C@H]1C(=O)N1CC=CC1. The fourth-order valence-electron chi connectivity index (χ4n) is 6.53. The van der Waals surface area contributed by atoms with Crippen LogP contribution in [0.2, 0.25) is 0 Å². The number of nitrogens with one attached hydrogen (secondary N) is 1. The van der Waals surface area contributed by atoms with Gasteiger partial charge in [-0.15, -0.1) is 0 Å². The molecule has 0 aliphatic carbocycles. The van der Waals surface area contributed by atoms with Crippen molar-refractivity contribution >= 4 is 23.6 Å². The van der Waals surface area contributed by atoms with Crippen LogP contribution in [0.25, 0.3) is 0 Å². The maximum atomic E-state index is 14.1. The van der Waals surface area contributed by atoms with Crippen molar-refractivity contribution in [1.29, 1.82) is 0 Å². The molecule has 1 N–H and O–H groups in total. The van der Waals surface area contributed by atoms with Gasteiger partial charge in [0.15, 0.2) is 0 Å². The maximum absolute atomic E-state index is 14.1. The second kappa shape index (κ2) is 14.2. The van der Waals surface area contributed by atoms with E-state index in [1.165, 1.54) is 0 Å². The van der Waals surface area contributed by atoms with E-state index in [1.807, 2.05) is 52.8 Å². The molecular weight excluding hydrogens is 530 g/mol. The van der Waals surface area contributed by atoms with Crippen LogP contribution in [0.1, 0.15) is 87.5 Å². The number of rotatable bonds is 9. The largest absolute Gasteiger partial charge is 0.342 e. The van der Waals surface area contributed by atoms with Gasteiger partial charge in [0.1, 0.15) is 12.1 Å². The Bertz CT molecular complexity index is 1050. The Balaban J connectivity index is 1.78. The molecule has 4 atom stereocenters. The molecule has 3 aliphatic heterocycles. The Morgan fingerprint density at radius 1 is 0.929 bits per heavy atom. The van der Waals surface area contributed by atoms with Crippen LogP contribution in [0.15, 0.2) is 23.8 Å². The molecule has 3 rings (SSSR count). The van der Waals surface area contributed by atoms with Crippen molar-refractivity contribution in [2.24, 2.45) is 11.3 Å². The van der Waals surface area contributed by atoms with E-state index in [9.17, 15) is 19.2 Å². The van der Waals surface area contributed by atoms with Gasteiger partial charge in [0.05, 0.1) is 12.1 Å². The smallest absolute Gasteiger partial charge is 0.249 e. The van der Waals surface area contributed by atoms with Crippen molar-refractivity contribution in [3.05, 3.63) is 23.8 Å². The second-order valence-corrected chi connectivity index (χ2v) is 14.1. The third-order valence-corrected chi connectivity index (χ3v) is 9.07. The molecule has 0 radical (unpaired) electrons. The quantitative estimate of drug-likeness (QED) is 0.330. The molecule has 9 heteroatoms. The van der Waals surface area contributed by atoms with Gasteiger partial charge in [0.2, 0.25) is 23.6 Å². The zero-order valence-corrected chi connectivity index (χ0v) is 27.5. The average Bonchev–Trinajstić information content (AvgIpc) is 3.65. The van der Waals surface area contributed by atoms with Crippen LogP contribution in [0, 0.1) is 11.3 Å². The molecule has 236 valence electrons. The standard InChI is InChI=1S/C33H55N5O4/c1-22(2)27(21-24(5)30(40)38-20-14-16-26(38)31(41)36-17-12-13-18-36)35(9)32(42)28(33(6,7)8)34-29(39)25-15-10-11-19-37(25)23(3)4/h12-13,21-23,25-28H,10-11,14-20H2,1-9H3,(H,34,39)/t25?,26-,27+,28+/m0/s1. The Kier molecular flexibility index (Phi) is 11.4. The van der Waals surface area contributed by atoms with Gasteiger partial charge < -0.3 is 20.0 Å². The van der Waals surface area contributed by atoms with E-state index in [4.69, 9.17) is 0 Å². The molecule has 3 aliphatic rings. The Morgan fingerprint density at radius 3 is 2.12 bits per heavy atom. The van der Waals surface area contributed by atoms with Gasteiger partial charge in [0.25, 0.3) is 0 Å². The van der Waals surface area contributed by atoms with Crippen molar-refractivity contribution < 1.29 is 19.2 Å². The summed E-state index contributed by atoms with van der Waals surface area (Å²) in [6.45, 7) is 18.6.